The van der Waals surface area contributed by atoms with Gasteiger partial charge in [0, 0.05) is 28.9 Å². The molecule has 0 saturated heterocycles. The lowest BCUT2D eigenvalue weighted by molar-refractivity contribution is -0.135. The molecule has 1 saturated carbocycles. The summed E-state index contributed by atoms with van der Waals surface area (Å²) in [6.07, 6.45) is 1.02. The molecule has 0 bridgehead atoms. The van der Waals surface area contributed by atoms with E-state index in [0.29, 0.717) is 11.7 Å². The third-order valence-corrected chi connectivity index (χ3v) is 8.07. The molecule has 8 heteroatoms. The van der Waals surface area contributed by atoms with Gasteiger partial charge in [-0.05, 0) is 42.5 Å². The summed E-state index contributed by atoms with van der Waals surface area (Å²) in [5.74, 6) is 0.106. The van der Waals surface area contributed by atoms with E-state index < -0.39 is 0 Å². The minimum Gasteiger partial charge on any atom is -0.335 e. The molecule has 1 N–H and O–H groups in total. The van der Waals surface area contributed by atoms with Crippen molar-refractivity contribution in [2.45, 2.75) is 31.7 Å². The first kappa shape index (κ1) is 25.3. The Morgan fingerprint density at radius 1 is 1.03 bits per heavy atom. The van der Waals surface area contributed by atoms with E-state index in [4.69, 9.17) is 0 Å². The summed E-state index contributed by atoms with van der Waals surface area (Å²) in [4.78, 5) is 28.3. The smallest absolute Gasteiger partial charge is 0.227 e. The fourth-order valence-electron chi connectivity index (χ4n) is 4.57. The zero-order valence-corrected chi connectivity index (χ0v) is 22.8. The number of hydrogen-bond donors (Lipinski definition) is 1. The van der Waals surface area contributed by atoms with Crippen LogP contribution in [0, 0.1) is 5.92 Å². The standard InChI is InChI=1S/C29H27BrN4O2S/c1-19(20-9-4-2-5-10-20)34(28(36)25-18-24(25)21-11-6-3-7-12-21)16-15-26(35)31-29-33-32-27(37-29)22-13-8-14-23(30)17-22/h2-14,17,19,24-25H,15-16,18H2,1H3,(H,31,33,35)/t19-,24+,25-/m1/s1. The average Bonchev–Trinajstić information content (AvgIpc) is 3.60. The van der Waals surface area contributed by atoms with E-state index in [0.717, 1.165) is 27.0 Å². The Balaban J connectivity index is 1.25. The molecule has 6 nitrogen and oxygen atoms in total. The van der Waals surface area contributed by atoms with Gasteiger partial charge in [0.25, 0.3) is 0 Å². The van der Waals surface area contributed by atoms with Gasteiger partial charge in [-0.15, -0.1) is 10.2 Å². The lowest BCUT2D eigenvalue weighted by Gasteiger charge is -2.30. The van der Waals surface area contributed by atoms with Crippen LogP contribution in [0.2, 0.25) is 0 Å². The molecular formula is C29H27BrN4O2S. The Bertz CT molecular complexity index is 1380. The van der Waals surface area contributed by atoms with Crippen molar-refractivity contribution in [2.75, 3.05) is 11.9 Å². The van der Waals surface area contributed by atoms with E-state index in [1.165, 1.54) is 16.9 Å². The molecule has 1 aliphatic carbocycles. The fourth-order valence-corrected chi connectivity index (χ4v) is 5.73. The average molecular weight is 576 g/mol. The van der Waals surface area contributed by atoms with Gasteiger partial charge in [-0.25, -0.2) is 0 Å². The highest BCUT2D eigenvalue weighted by Gasteiger charge is 2.46. The van der Waals surface area contributed by atoms with Gasteiger partial charge >= 0.3 is 0 Å². The number of benzene rings is 3. The van der Waals surface area contributed by atoms with Crippen LogP contribution in [0.25, 0.3) is 10.6 Å². The van der Waals surface area contributed by atoms with Crippen LogP contribution in [0.4, 0.5) is 5.13 Å². The number of halogens is 1. The summed E-state index contributed by atoms with van der Waals surface area (Å²) in [5.41, 5.74) is 3.18. The molecule has 0 unspecified atom stereocenters. The number of nitrogens with one attached hydrogen (secondary N) is 1. The normalized spacial score (nSPS) is 17.1. The molecule has 1 heterocycles. The van der Waals surface area contributed by atoms with Gasteiger partial charge in [-0.2, -0.15) is 0 Å². The predicted octanol–water partition coefficient (Wildman–Crippen LogP) is 6.69. The maximum Gasteiger partial charge on any atom is 0.227 e. The Morgan fingerprint density at radius 3 is 2.49 bits per heavy atom. The molecule has 1 fully saturated rings. The number of rotatable bonds is 9. The maximum absolute atomic E-state index is 13.6. The van der Waals surface area contributed by atoms with Crippen LogP contribution < -0.4 is 5.32 Å². The van der Waals surface area contributed by atoms with E-state index in [-0.39, 0.29) is 36.1 Å². The van der Waals surface area contributed by atoms with Crippen molar-refractivity contribution < 1.29 is 9.59 Å². The second-order valence-corrected chi connectivity index (χ2v) is 11.1. The lowest BCUT2D eigenvalue weighted by Crippen LogP contribution is -2.37. The number of anilines is 1. The largest absolute Gasteiger partial charge is 0.335 e. The van der Waals surface area contributed by atoms with Gasteiger partial charge in [0.05, 0.1) is 6.04 Å². The molecule has 1 aliphatic rings. The fraction of sp³-hybridized carbons (Fsp3) is 0.241. The number of aromatic nitrogens is 2. The van der Waals surface area contributed by atoms with Crippen molar-refractivity contribution in [3.8, 4) is 10.6 Å². The molecule has 1 aromatic heterocycles. The van der Waals surface area contributed by atoms with Crippen LogP contribution in [0.1, 0.15) is 42.9 Å². The summed E-state index contributed by atoms with van der Waals surface area (Å²) in [6, 6.07) is 27.8. The molecule has 37 heavy (non-hydrogen) atoms. The molecule has 2 amide bonds. The third kappa shape index (κ3) is 6.14. The molecule has 0 aliphatic heterocycles. The molecular weight excluding hydrogens is 548 g/mol. The monoisotopic (exact) mass is 574 g/mol. The predicted molar refractivity (Wildman–Crippen MR) is 150 cm³/mol. The third-order valence-electron chi connectivity index (χ3n) is 6.69. The van der Waals surface area contributed by atoms with Crippen LogP contribution in [0.15, 0.2) is 89.4 Å². The molecule has 4 aromatic rings. The summed E-state index contributed by atoms with van der Waals surface area (Å²) >= 11 is 4.79. The Labute approximate surface area is 228 Å². The highest BCUT2D eigenvalue weighted by molar-refractivity contribution is 9.10. The van der Waals surface area contributed by atoms with Crippen molar-refractivity contribution in [1.82, 2.24) is 15.1 Å². The first-order valence-electron chi connectivity index (χ1n) is 12.3. The van der Waals surface area contributed by atoms with E-state index >= 15 is 0 Å². The summed E-state index contributed by atoms with van der Waals surface area (Å²) in [5, 5.41) is 12.4. The Hall–Kier alpha value is -3.36. The summed E-state index contributed by atoms with van der Waals surface area (Å²) in [6.45, 7) is 2.36. The number of nitrogens with zero attached hydrogens (tertiary/aromatic N) is 3. The van der Waals surface area contributed by atoms with Gasteiger partial charge < -0.3 is 10.2 Å². The van der Waals surface area contributed by atoms with Crippen LogP contribution in [0.3, 0.4) is 0 Å². The van der Waals surface area contributed by atoms with Crippen molar-refractivity contribution in [2.24, 2.45) is 5.92 Å². The molecule has 3 atom stereocenters. The molecule has 0 radical (unpaired) electrons. The SMILES string of the molecule is C[C@H](c1ccccc1)N(CCC(=O)Nc1nnc(-c2cccc(Br)c2)s1)C(=O)[C@@H]1C[C@H]1c1ccccc1. The zero-order valence-electron chi connectivity index (χ0n) is 20.4. The second-order valence-electron chi connectivity index (χ2n) is 9.20. The van der Waals surface area contributed by atoms with Gasteiger partial charge in [0.2, 0.25) is 16.9 Å². The van der Waals surface area contributed by atoms with Crippen molar-refractivity contribution in [3.05, 3.63) is 101 Å². The van der Waals surface area contributed by atoms with Crippen LogP contribution in [-0.2, 0) is 9.59 Å². The van der Waals surface area contributed by atoms with Crippen molar-refractivity contribution in [1.29, 1.82) is 0 Å². The van der Waals surface area contributed by atoms with Crippen LogP contribution >= 0.6 is 27.3 Å². The van der Waals surface area contributed by atoms with Gasteiger partial charge in [-0.1, -0.05) is 100 Å². The zero-order chi connectivity index (χ0) is 25.8. The Kier molecular flexibility index (Phi) is 7.76. The van der Waals surface area contributed by atoms with E-state index in [9.17, 15) is 9.59 Å². The van der Waals surface area contributed by atoms with Crippen molar-refractivity contribution in [3.63, 3.8) is 0 Å². The number of hydrogen-bond acceptors (Lipinski definition) is 5. The minimum absolute atomic E-state index is 0.0486. The van der Waals surface area contributed by atoms with E-state index in [1.54, 1.807) is 0 Å². The number of carbonyl (C=O) groups excluding carboxylic acids is 2. The highest BCUT2D eigenvalue weighted by atomic mass is 79.9. The molecule has 188 valence electrons. The van der Waals surface area contributed by atoms with E-state index in [1.807, 2.05) is 84.6 Å². The number of carbonyl (C=O) groups is 2. The van der Waals surface area contributed by atoms with E-state index in [2.05, 4.69) is 43.6 Å². The molecule has 3 aromatic carbocycles. The first-order valence-corrected chi connectivity index (χ1v) is 13.9. The minimum atomic E-state index is -0.189. The maximum atomic E-state index is 13.6. The number of amides is 2. The highest BCUT2D eigenvalue weighted by Crippen LogP contribution is 2.49. The molecule has 0 spiro atoms. The van der Waals surface area contributed by atoms with Crippen LogP contribution in [0.5, 0.6) is 0 Å². The topological polar surface area (TPSA) is 75.2 Å². The summed E-state index contributed by atoms with van der Waals surface area (Å²) < 4.78 is 0.952. The van der Waals surface area contributed by atoms with Crippen LogP contribution in [-0.4, -0.2) is 33.5 Å². The molecule has 5 rings (SSSR count). The Morgan fingerprint density at radius 2 is 1.76 bits per heavy atom. The van der Waals surface area contributed by atoms with Gasteiger partial charge in [0.1, 0.15) is 5.01 Å². The second kappa shape index (κ2) is 11.4. The van der Waals surface area contributed by atoms with Gasteiger partial charge in [-0.3, -0.25) is 9.59 Å². The quantitative estimate of drug-likeness (QED) is 0.241. The first-order chi connectivity index (χ1) is 18.0. The van der Waals surface area contributed by atoms with Gasteiger partial charge in [0.15, 0.2) is 0 Å². The summed E-state index contributed by atoms with van der Waals surface area (Å²) in [7, 11) is 0. The van der Waals surface area contributed by atoms with Crippen molar-refractivity contribution >= 4 is 44.2 Å². The lowest BCUT2D eigenvalue weighted by atomic mass is 10.0.